The number of aromatic hydroxyl groups is 1. The average molecular weight is 262 g/mol. The maximum atomic E-state index is 9.69. The second-order valence-electron chi connectivity index (χ2n) is 3.18. The number of hydrogen-bond donors (Lipinski definition) is 1. The Morgan fingerprint density at radius 2 is 1.60 bits per heavy atom. The van der Waals surface area contributed by atoms with E-state index in [1.54, 1.807) is 6.07 Å². The highest BCUT2D eigenvalue weighted by molar-refractivity contribution is 6.67. The third kappa shape index (κ3) is 2.00. The molecule has 0 amide bonds. The molecule has 2 aromatic carbocycles. The summed E-state index contributed by atoms with van der Waals surface area (Å²) in [6, 6.07) is 10.7. The zero-order chi connectivity index (χ0) is 11.1. The molecule has 0 fully saturated rings. The molecule has 0 aliphatic rings. The standard InChI is InChI=1S/C11H7Cl3O/c12-11(13,14)10-8-4-2-1-3-7(8)5-6-9(10)15/h1-6,15H. The summed E-state index contributed by atoms with van der Waals surface area (Å²) < 4.78 is -1.62. The van der Waals surface area contributed by atoms with Gasteiger partial charge < -0.3 is 5.11 Å². The summed E-state index contributed by atoms with van der Waals surface area (Å²) in [6.45, 7) is 0. The monoisotopic (exact) mass is 260 g/mol. The molecule has 0 spiro atoms. The Labute approximate surface area is 102 Å². The van der Waals surface area contributed by atoms with E-state index in [-0.39, 0.29) is 5.75 Å². The first-order valence-electron chi connectivity index (χ1n) is 4.28. The molecule has 2 aromatic rings. The highest BCUT2D eigenvalue weighted by Crippen LogP contribution is 2.45. The van der Waals surface area contributed by atoms with E-state index in [4.69, 9.17) is 34.8 Å². The smallest absolute Gasteiger partial charge is 0.220 e. The average Bonchev–Trinajstić information content (AvgIpc) is 2.15. The predicted octanol–water partition coefficient (Wildman–Crippen LogP) is 4.37. The number of alkyl halides is 3. The Hall–Kier alpha value is -0.630. The van der Waals surface area contributed by atoms with Gasteiger partial charge in [-0.25, -0.2) is 0 Å². The summed E-state index contributed by atoms with van der Waals surface area (Å²) in [7, 11) is 0. The first kappa shape index (κ1) is 10.9. The van der Waals surface area contributed by atoms with Crippen molar-refractivity contribution in [2.75, 3.05) is 0 Å². The molecule has 1 N–H and O–H groups in total. The molecule has 0 saturated carbocycles. The fourth-order valence-electron chi connectivity index (χ4n) is 1.56. The molecule has 78 valence electrons. The number of phenolic OH excluding ortho intramolecular Hbond substituents is 1. The van der Waals surface area contributed by atoms with Crippen LogP contribution in [0.5, 0.6) is 5.75 Å². The summed E-state index contributed by atoms with van der Waals surface area (Å²) >= 11 is 17.4. The minimum absolute atomic E-state index is 0.00583. The number of fused-ring (bicyclic) bond motifs is 1. The quantitative estimate of drug-likeness (QED) is 0.698. The van der Waals surface area contributed by atoms with Gasteiger partial charge in [0.1, 0.15) is 5.75 Å². The van der Waals surface area contributed by atoms with Crippen molar-refractivity contribution >= 4 is 45.6 Å². The summed E-state index contributed by atoms with van der Waals surface area (Å²) in [4.78, 5) is 0. The van der Waals surface area contributed by atoms with Crippen LogP contribution in [0.1, 0.15) is 5.56 Å². The van der Waals surface area contributed by atoms with E-state index in [9.17, 15) is 5.11 Å². The van der Waals surface area contributed by atoms with Crippen molar-refractivity contribution in [1.29, 1.82) is 0 Å². The van der Waals surface area contributed by atoms with E-state index in [2.05, 4.69) is 0 Å². The van der Waals surface area contributed by atoms with E-state index in [0.717, 1.165) is 10.8 Å². The molecule has 0 unspecified atom stereocenters. The largest absolute Gasteiger partial charge is 0.507 e. The van der Waals surface area contributed by atoms with E-state index in [1.165, 1.54) is 6.07 Å². The SMILES string of the molecule is Oc1ccc2ccccc2c1C(Cl)(Cl)Cl. The molecule has 0 atom stereocenters. The van der Waals surface area contributed by atoms with Crippen LogP contribution in [-0.4, -0.2) is 5.11 Å². The first-order valence-corrected chi connectivity index (χ1v) is 5.41. The van der Waals surface area contributed by atoms with Gasteiger partial charge in [-0.1, -0.05) is 65.1 Å². The van der Waals surface area contributed by atoms with Crippen molar-refractivity contribution in [1.82, 2.24) is 0 Å². The van der Waals surface area contributed by atoms with Crippen LogP contribution in [0, 0.1) is 0 Å². The highest BCUT2D eigenvalue weighted by atomic mass is 35.6. The van der Waals surface area contributed by atoms with E-state index in [1.807, 2.05) is 24.3 Å². The van der Waals surface area contributed by atoms with Gasteiger partial charge in [-0.3, -0.25) is 0 Å². The van der Waals surface area contributed by atoms with Crippen molar-refractivity contribution in [3.63, 3.8) is 0 Å². The number of phenols is 1. The van der Waals surface area contributed by atoms with E-state index in [0.29, 0.717) is 5.56 Å². The molecule has 4 heteroatoms. The Morgan fingerprint density at radius 1 is 0.933 bits per heavy atom. The van der Waals surface area contributed by atoms with Gasteiger partial charge in [0.15, 0.2) is 0 Å². The third-order valence-electron chi connectivity index (χ3n) is 2.19. The van der Waals surface area contributed by atoms with Crippen LogP contribution in [0.4, 0.5) is 0 Å². The summed E-state index contributed by atoms with van der Waals surface area (Å²) in [5, 5.41) is 11.4. The Bertz CT molecular complexity index is 503. The second kappa shape index (κ2) is 3.75. The van der Waals surface area contributed by atoms with E-state index < -0.39 is 3.79 Å². The second-order valence-corrected chi connectivity index (χ2v) is 5.46. The molecule has 0 aliphatic heterocycles. The lowest BCUT2D eigenvalue weighted by Crippen LogP contribution is -2.01. The molecule has 0 saturated heterocycles. The van der Waals surface area contributed by atoms with Gasteiger partial charge in [-0.15, -0.1) is 0 Å². The van der Waals surface area contributed by atoms with Crippen LogP contribution >= 0.6 is 34.8 Å². The van der Waals surface area contributed by atoms with E-state index >= 15 is 0 Å². The van der Waals surface area contributed by atoms with Crippen molar-refractivity contribution < 1.29 is 5.11 Å². The van der Waals surface area contributed by atoms with Gasteiger partial charge in [-0.05, 0) is 16.8 Å². The maximum Gasteiger partial charge on any atom is 0.220 e. The minimum Gasteiger partial charge on any atom is -0.507 e. The number of rotatable bonds is 0. The Balaban J connectivity index is 2.86. The Morgan fingerprint density at radius 3 is 2.27 bits per heavy atom. The van der Waals surface area contributed by atoms with Gasteiger partial charge in [-0.2, -0.15) is 0 Å². The fraction of sp³-hybridized carbons (Fsp3) is 0.0909. The van der Waals surface area contributed by atoms with Crippen LogP contribution in [0.15, 0.2) is 36.4 Å². The lowest BCUT2D eigenvalue weighted by atomic mass is 10.0. The predicted molar refractivity (Wildman–Crippen MR) is 64.8 cm³/mol. The molecule has 0 bridgehead atoms. The van der Waals surface area contributed by atoms with Crippen molar-refractivity contribution in [2.45, 2.75) is 3.79 Å². The molecule has 0 aliphatic carbocycles. The summed E-state index contributed by atoms with van der Waals surface area (Å²) in [5.41, 5.74) is 0.325. The number of benzene rings is 2. The fourth-order valence-corrected chi connectivity index (χ4v) is 2.15. The minimum atomic E-state index is -1.62. The third-order valence-corrected chi connectivity index (χ3v) is 2.76. The molecular weight excluding hydrogens is 254 g/mol. The van der Waals surface area contributed by atoms with Crippen LogP contribution in [0.2, 0.25) is 0 Å². The van der Waals surface area contributed by atoms with Crippen LogP contribution < -0.4 is 0 Å². The topological polar surface area (TPSA) is 20.2 Å². The molecule has 0 radical (unpaired) electrons. The Kier molecular flexibility index (Phi) is 2.72. The number of halogens is 3. The van der Waals surface area contributed by atoms with Crippen LogP contribution in [0.25, 0.3) is 10.8 Å². The molecule has 0 aromatic heterocycles. The van der Waals surface area contributed by atoms with Gasteiger partial charge in [0.2, 0.25) is 3.79 Å². The van der Waals surface area contributed by atoms with Crippen molar-refractivity contribution in [3.8, 4) is 5.75 Å². The molecule has 1 nitrogen and oxygen atoms in total. The van der Waals surface area contributed by atoms with Crippen LogP contribution in [0.3, 0.4) is 0 Å². The van der Waals surface area contributed by atoms with Crippen molar-refractivity contribution in [3.05, 3.63) is 42.0 Å². The molecular formula is C11H7Cl3O. The zero-order valence-corrected chi connectivity index (χ0v) is 9.81. The van der Waals surface area contributed by atoms with Gasteiger partial charge in [0, 0.05) is 0 Å². The normalized spacial score (nSPS) is 11.9. The zero-order valence-electron chi connectivity index (χ0n) is 7.55. The number of hydrogen-bond acceptors (Lipinski definition) is 1. The summed E-state index contributed by atoms with van der Waals surface area (Å²) in [5.74, 6) is -0.00583. The van der Waals surface area contributed by atoms with Crippen molar-refractivity contribution in [2.24, 2.45) is 0 Å². The molecule has 0 heterocycles. The first-order chi connectivity index (χ1) is 7.00. The molecule has 2 rings (SSSR count). The highest BCUT2D eigenvalue weighted by Gasteiger charge is 2.28. The lowest BCUT2D eigenvalue weighted by molar-refractivity contribution is 0.470. The maximum absolute atomic E-state index is 9.69. The van der Waals surface area contributed by atoms with Gasteiger partial charge in [0.05, 0.1) is 5.56 Å². The molecule has 15 heavy (non-hydrogen) atoms. The lowest BCUT2D eigenvalue weighted by Gasteiger charge is -2.15. The van der Waals surface area contributed by atoms with Gasteiger partial charge >= 0.3 is 0 Å². The van der Waals surface area contributed by atoms with Gasteiger partial charge in [0.25, 0.3) is 0 Å². The van der Waals surface area contributed by atoms with Crippen LogP contribution in [-0.2, 0) is 3.79 Å². The summed E-state index contributed by atoms with van der Waals surface area (Å²) in [6.07, 6.45) is 0.